The van der Waals surface area contributed by atoms with Crippen molar-refractivity contribution in [3.63, 3.8) is 0 Å². The highest BCUT2D eigenvalue weighted by molar-refractivity contribution is 6.22. The molecule has 4 rings (SSSR count). The lowest BCUT2D eigenvalue weighted by Crippen LogP contribution is -2.29. The van der Waals surface area contributed by atoms with Gasteiger partial charge in [-0.2, -0.15) is 0 Å². The molecule has 0 bridgehead atoms. The molecule has 4 aliphatic rings. The van der Waals surface area contributed by atoms with Crippen LogP contribution >= 0.6 is 12.4 Å². The first-order chi connectivity index (χ1) is 10.2. The maximum atomic E-state index is 12.4. The molecule has 0 spiro atoms. The minimum absolute atomic E-state index is 0. The van der Waals surface area contributed by atoms with Crippen LogP contribution in [-0.2, 0) is 9.59 Å². The minimum atomic E-state index is 0. The Bertz CT molecular complexity index is 532. The SMILES string of the molecule is CNCO.Cl.O=C1C=C(N2CC2)C(=O)C(N2CC2)=C1N1CC1. The first-order valence-electron chi connectivity index (χ1n) is 7.22. The number of allylic oxidation sites excluding steroid dienone is 1. The number of aliphatic hydroxyl groups is 1. The zero-order chi connectivity index (χ0) is 15.0. The van der Waals surface area contributed by atoms with Crippen molar-refractivity contribution in [1.29, 1.82) is 0 Å². The molecule has 0 aromatic heterocycles. The molecule has 0 aromatic carbocycles. The number of carbonyl (C=O) groups is 2. The number of carbonyl (C=O) groups excluding carboxylic acids is 2. The van der Waals surface area contributed by atoms with E-state index in [0.717, 1.165) is 39.3 Å². The van der Waals surface area contributed by atoms with Gasteiger partial charge in [0.25, 0.3) is 0 Å². The number of nitrogens with one attached hydrogen (secondary N) is 1. The van der Waals surface area contributed by atoms with E-state index in [1.165, 1.54) is 6.08 Å². The zero-order valence-electron chi connectivity index (χ0n) is 12.5. The van der Waals surface area contributed by atoms with E-state index in [9.17, 15) is 9.59 Å². The number of hydrogen-bond donors (Lipinski definition) is 2. The normalized spacial score (nSPS) is 21.9. The molecule has 0 atom stereocenters. The molecule has 22 heavy (non-hydrogen) atoms. The maximum absolute atomic E-state index is 12.4. The Kier molecular flexibility index (Phi) is 5.10. The first kappa shape index (κ1) is 16.8. The van der Waals surface area contributed by atoms with Crippen molar-refractivity contribution in [2.75, 3.05) is 53.0 Å². The van der Waals surface area contributed by atoms with Gasteiger partial charge in [-0.3, -0.25) is 14.9 Å². The number of rotatable bonds is 4. The molecule has 3 aliphatic heterocycles. The summed E-state index contributed by atoms with van der Waals surface area (Å²) >= 11 is 0. The van der Waals surface area contributed by atoms with Crippen molar-refractivity contribution < 1.29 is 14.7 Å². The third-order valence-electron chi connectivity index (χ3n) is 3.65. The third kappa shape index (κ3) is 3.43. The monoisotopic (exact) mass is 328 g/mol. The highest BCUT2D eigenvalue weighted by Crippen LogP contribution is 2.33. The van der Waals surface area contributed by atoms with Crippen molar-refractivity contribution in [1.82, 2.24) is 20.0 Å². The summed E-state index contributed by atoms with van der Waals surface area (Å²) < 4.78 is 0. The number of Topliss-reactive ketones (excluding diaryl/α,β-unsaturated/α-hetero) is 1. The summed E-state index contributed by atoms with van der Waals surface area (Å²) in [7, 11) is 1.68. The average molecular weight is 329 g/mol. The fourth-order valence-electron chi connectivity index (χ4n) is 2.28. The van der Waals surface area contributed by atoms with Crippen LogP contribution in [0.4, 0.5) is 0 Å². The van der Waals surface area contributed by atoms with E-state index in [1.807, 2.05) is 14.7 Å². The van der Waals surface area contributed by atoms with Gasteiger partial charge < -0.3 is 19.8 Å². The summed E-state index contributed by atoms with van der Waals surface area (Å²) in [5.74, 6) is 0.0485. The molecule has 1 aliphatic carbocycles. The van der Waals surface area contributed by atoms with Gasteiger partial charge >= 0.3 is 0 Å². The summed E-state index contributed by atoms with van der Waals surface area (Å²) in [6, 6.07) is 0. The quantitative estimate of drug-likeness (QED) is 0.380. The molecule has 2 N–H and O–H groups in total. The van der Waals surface area contributed by atoms with Crippen LogP contribution < -0.4 is 5.32 Å². The van der Waals surface area contributed by atoms with Gasteiger partial charge in [-0.05, 0) is 7.05 Å². The Morgan fingerprint density at radius 3 is 1.86 bits per heavy atom. The van der Waals surface area contributed by atoms with E-state index in [4.69, 9.17) is 5.11 Å². The van der Waals surface area contributed by atoms with E-state index in [2.05, 4.69) is 5.32 Å². The van der Waals surface area contributed by atoms with Crippen molar-refractivity contribution in [2.45, 2.75) is 0 Å². The highest BCUT2D eigenvalue weighted by Gasteiger charge is 2.43. The molecule has 122 valence electrons. The standard InChI is InChI=1S/C12H13N3O2.C2H7NO.ClH/c16-9-7-8(13-1-2-13)12(17)11(15-5-6-15)10(9)14-3-4-14;1-3-2-4;/h7H,1-6H2;3-4H,2H2,1H3;1H. The van der Waals surface area contributed by atoms with Crippen molar-refractivity contribution in [2.24, 2.45) is 0 Å². The van der Waals surface area contributed by atoms with Gasteiger partial charge in [-0.25, -0.2) is 0 Å². The van der Waals surface area contributed by atoms with Crippen molar-refractivity contribution in [3.8, 4) is 0 Å². The molecule has 8 heteroatoms. The fraction of sp³-hybridized carbons (Fsp3) is 0.571. The van der Waals surface area contributed by atoms with E-state index in [0.29, 0.717) is 17.1 Å². The molecule has 3 fully saturated rings. The van der Waals surface area contributed by atoms with Crippen molar-refractivity contribution >= 4 is 24.0 Å². The molecule has 0 unspecified atom stereocenters. The molecule has 0 radical (unpaired) electrons. The van der Waals surface area contributed by atoms with E-state index < -0.39 is 0 Å². The van der Waals surface area contributed by atoms with Gasteiger partial charge in [0.1, 0.15) is 11.4 Å². The molecule has 0 amide bonds. The van der Waals surface area contributed by atoms with Crippen LogP contribution in [0.3, 0.4) is 0 Å². The summed E-state index contributed by atoms with van der Waals surface area (Å²) in [4.78, 5) is 30.5. The molecule has 3 heterocycles. The number of aliphatic hydroxyl groups excluding tert-OH is 1. The molecule has 0 saturated carbocycles. The second-order valence-electron chi connectivity index (χ2n) is 5.39. The smallest absolute Gasteiger partial charge is 0.227 e. The van der Waals surface area contributed by atoms with Gasteiger partial charge in [-0.15, -0.1) is 12.4 Å². The zero-order valence-corrected chi connectivity index (χ0v) is 13.4. The number of ketones is 2. The Morgan fingerprint density at radius 1 is 1.00 bits per heavy atom. The lowest BCUT2D eigenvalue weighted by molar-refractivity contribution is -0.117. The highest BCUT2D eigenvalue weighted by atomic mass is 35.5. The second kappa shape index (κ2) is 6.68. The molecular weight excluding hydrogens is 308 g/mol. The van der Waals surface area contributed by atoms with Crippen LogP contribution in [0.5, 0.6) is 0 Å². The van der Waals surface area contributed by atoms with Crippen LogP contribution in [0, 0.1) is 0 Å². The van der Waals surface area contributed by atoms with Gasteiger partial charge in [0.2, 0.25) is 11.6 Å². The third-order valence-corrected chi connectivity index (χ3v) is 3.65. The van der Waals surface area contributed by atoms with Crippen LogP contribution in [0.15, 0.2) is 23.2 Å². The second-order valence-corrected chi connectivity index (χ2v) is 5.39. The van der Waals surface area contributed by atoms with Crippen molar-refractivity contribution in [3.05, 3.63) is 23.2 Å². The van der Waals surface area contributed by atoms with Crippen LogP contribution in [0.25, 0.3) is 0 Å². The maximum Gasteiger partial charge on any atom is 0.227 e. The van der Waals surface area contributed by atoms with E-state index in [-0.39, 0.29) is 30.7 Å². The summed E-state index contributed by atoms with van der Waals surface area (Å²) in [5.41, 5.74) is 1.89. The molecular formula is C14H21ClN4O3. The van der Waals surface area contributed by atoms with Gasteiger partial charge in [0, 0.05) is 45.3 Å². The van der Waals surface area contributed by atoms with Crippen LogP contribution in [0.1, 0.15) is 0 Å². The summed E-state index contributed by atoms with van der Waals surface area (Å²) in [6.45, 7) is 5.48. The first-order valence-corrected chi connectivity index (χ1v) is 7.22. The number of halogens is 1. The molecule has 3 saturated heterocycles. The van der Waals surface area contributed by atoms with Crippen LogP contribution in [-0.4, -0.2) is 84.4 Å². The van der Waals surface area contributed by atoms with Gasteiger partial charge in [-0.1, -0.05) is 0 Å². The Balaban J connectivity index is 0.000000319. The lowest BCUT2D eigenvalue weighted by atomic mass is 10.0. The minimum Gasteiger partial charge on any atom is -0.381 e. The largest absolute Gasteiger partial charge is 0.381 e. The predicted octanol–water partition coefficient (Wildman–Crippen LogP) is -1.24. The topological polar surface area (TPSA) is 75.4 Å². The molecule has 0 aromatic rings. The lowest BCUT2D eigenvalue weighted by Gasteiger charge is -2.21. The average Bonchev–Trinajstić information content (AvgIpc) is 3.30. The molecule has 7 nitrogen and oxygen atoms in total. The predicted molar refractivity (Wildman–Crippen MR) is 83.2 cm³/mol. The Labute approximate surface area is 135 Å². The van der Waals surface area contributed by atoms with E-state index >= 15 is 0 Å². The van der Waals surface area contributed by atoms with Crippen LogP contribution in [0.2, 0.25) is 0 Å². The summed E-state index contributed by atoms with van der Waals surface area (Å²) in [5, 5.41) is 10.2. The summed E-state index contributed by atoms with van der Waals surface area (Å²) in [6.07, 6.45) is 1.52. The fourth-order valence-corrected chi connectivity index (χ4v) is 2.28. The number of nitrogens with zero attached hydrogens (tertiary/aromatic N) is 3. The number of hydrogen-bond acceptors (Lipinski definition) is 7. The Morgan fingerprint density at radius 2 is 1.45 bits per heavy atom. The van der Waals surface area contributed by atoms with Gasteiger partial charge in [0.15, 0.2) is 0 Å². The van der Waals surface area contributed by atoms with E-state index in [1.54, 1.807) is 7.05 Å². The van der Waals surface area contributed by atoms with Gasteiger partial charge in [0.05, 0.1) is 12.4 Å². The Hall–Kier alpha value is -1.57.